The lowest BCUT2D eigenvalue weighted by Gasteiger charge is -2.09. The SMILES string of the molecule is CC.CC.CCc1ccccc1C(C)N. The molecule has 1 atom stereocenters. The Balaban J connectivity index is 0. The van der Waals surface area contributed by atoms with Gasteiger partial charge in [-0.15, -0.1) is 0 Å². The first kappa shape index (κ1) is 16.6. The van der Waals surface area contributed by atoms with Crippen LogP contribution in [0.1, 0.15) is 58.7 Å². The molecule has 1 unspecified atom stereocenters. The normalized spacial score (nSPS) is 10.3. The number of aryl methyl sites for hydroxylation is 1. The van der Waals surface area contributed by atoms with Crippen LogP contribution in [0.15, 0.2) is 24.3 Å². The van der Waals surface area contributed by atoms with Crippen molar-refractivity contribution in [1.29, 1.82) is 0 Å². The topological polar surface area (TPSA) is 26.0 Å². The monoisotopic (exact) mass is 209 g/mol. The zero-order valence-electron chi connectivity index (χ0n) is 11.2. The maximum Gasteiger partial charge on any atom is 0.0268 e. The van der Waals surface area contributed by atoms with Crippen LogP contribution in [0.4, 0.5) is 0 Å². The zero-order chi connectivity index (χ0) is 12.3. The van der Waals surface area contributed by atoms with Gasteiger partial charge in [0, 0.05) is 6.04 Å². The van der Waals surface area contributed by atoms with Gasteiger partial charge in [-0.05, 0) is 24.5 Å². The summed E-state index contributed by atoms with van der Waals surface area (Å²) in [4.78, 5) is 0. The van der Waals surface area contributed by atoms with E-state index in [2.05, 4.69) is 25.1 Å². The fraction of sp³-hybridized carbons (Fsp3) is 0.571. The van der Waals surface area contributed by atoms with Crippen LogP contribution >= 0.6 is 0 Å². The van der Waals surface area contributed by atoms with Crippen molar-refractivity contribution in [3.8, 4) is 0 Å². The number of hydrogen-bond donors (Lipinski definition) is 1. The van der Waals surface area contributed by atoms with Crippen molar-refractivity contribution in [1.82, 2.24) is 0 Å². The molecular formula is C14H27N. The van der Waals surface area contributed by atoms with Crippen LogP contribution in [0.2, 0.25) is 0 Å². The maximum atomic E-state index is 5.79. The lowest BCUT2D eigenvalue weighted by atomic mass is 10.0. The van der Waals surface area contributed by atoms with Crippen LogP contribution in [0.3, 0.4) is 0 Å². The van der Waals surface area contributed by atoms with Crippen molar-refractivity contribution in [2.24, 2.45) is 5.73 Å². The van der Waals surface area contributed by atoms with Gasteiger partial charge in [0.2, 0.25) is 0 Å². The summed E-state index contributed by atoms with van der Waals surface area (Å²) in [6.07, 6.45) is 1.07. The summed E-state index contributed by atoms with van der Waals surface area (Å²) in [5.74, 6) is 0. The van der Waals surface area contributed by atoms with E-state index in [1.165, 1.54) is 11.1 Å². The lowest BCUT2D eigenvalue weighted by molar-refractivity contribution is 0.801. The van der Waals surface area contributed by atoms with E-state index in [9.17, 15) is 0 Å². The van der Waals surface area contributed by atoms with Gasteiger partial charge in [0.25, 0.3) is 0 Å². The van der Waals surface area contributed by atoms with Crippen LogP contribution in [0.25, 0.3) is 0 Å². The summed E-state index contributed by atoms with van der Waals surface area (Å²) < 4.78 is 0. The molecule has 2 N–H and O–H groups in total. The summed E-state index contributed by atoms with van der Waals surface area (Å²) in [6, 6.07) is 8.50. The Labute approximate surface area is 95.7 Å². The Kier molecular flexibility index (Phi) is 12.5. The first-order valence-electron chi connectivity index (χ1n) is 6.09. The summed E-state index contributed by atoms with van der Waals surface area (Å²) in [7, 11) is 0. The van der Waals surface area contributed by atoms with Crippen molar-refractivity contribution < 1.29 is 0 Å². The third-order valence-corrected chi connectivity index (χ3v) is 1.93. The fourth-order valence-corrected chi connectivity index (χ4v) is 1.30. The van der Waals surface area contributed by atoms with Gasteiger partial charge in [0.05, 0.1) is 0 Å². The molecule has 0 aliphatic carbocycles. The molecule has 88 valence electrons. The number of benzene rings is 1. The first-order valence-corrected chi connectivity index (χ1v) is 6.09. The minimum atomic E-state index is 0.158. The molecule has 1 nitrogen and oxygen atoms in total. The van der Waals surface area contributed by atoms with Gasteiger partial charge in [-0.1, -0.05) is 58.9 Å². The van der Waals surface area contributed by atoms with Crippen LogP contribution in [0.5, 0.6) is 0 Å². The summed E-state index contributed by atoms with van der Waals surface area (Å²) in [6.45, 7) is 12.2. The van der Waals surface area contributed by atoms with Crippen LogP contribution < -0.4 is 5.73 Å². The molecular weight excluding hydrogens is 182 g/mol. The summed E-state index contributed by atoms with van der Waals surface area (Å²) in [5.41, 5.74) is 8.43. The van der Waals surface area contributed by atoms with Gasteiger partial charge in [-0.25, -0.2) is 0 Å². The molecule has 0 spiro atoms. The van der Waals surface area contributed by atoms with Crippen LogP contribution in [-0.2, 0) is 6.42 Å². The highest BCUT2D eigenvalue weighted by Gasteiger charge is 2.02. The standard InChI is InChI=1S/C10H15N.2C2H6/c1-3-9-6-4-5-7-10(9)8(2)11;2*1-2/h4-8H,3,11H2,1-2H3;2*1-2H3. The second kappa shape index (κ2) is 11.3. The molecule has 1 rings (SSSR count). The minimum Gasteiger partial charge on any atom is -0.324 e. The molecule has 0 bridgehead atoms. The maximum absolute atomic E-state index is 5.79. The molecule has 0 amide bonds. The first-order chi connectivity index (χ1) is 7.25. The average Bonchev–Trinajstić information content (AvgIpc) is 2.34. The molecule has 0 heterocycles. The molecule has 0 aromatic heterocycles. The highest BCUT2D eigenvalue weighted by atomic mass is 14.6. The van der Waals surface area contributed by atoms with Gasteiger partial charge < -0.3 is 5.73 Å². The minimum absolute atomic E-state index is 0.158. The van der Waals surface area contributed by atoms with E-state index in [0.29, 0.717) is 0 Å². The molecule has 1 aromatic rings. The second-order valence-corrected chi connectivity index (χ2v) is 2.84. The van der Waals surface area contributed by atoms with E-state index >= 15 is 0 Å². The molecule has 0 fully saturated rings. The van der Waals surface area contributed by atoms with E-state index < -0.39 is 0 Å². The number of hydrogen-bond acceptors (Lipinski definition) is 1. The van der Waals surface area contributed by atoms with Gasteiger partial charge in [0.15, 0.2) is 0 Å². The Hall–Kier alpha value is -0.820. The summed E-state index contributed by atoms with van der Waals surface area (Å²) >= 11 is 0. The van der Waals surface area contributed by atoms with Crippen molar-refractivity contribution in [2.45, 2.75) is 54.0 Å². The Morgan fingerprint density at radius 2 is 1.53 bits per heavy atom. The lowest BCUT2D eigenvalue weighted by Crippen LogP contribution is -2.07. The fourth-order valence-electron chi connectivity index (χ4n) is 1.30. The van der Waals surface area contributed by atoms with Crippen molar-refractivity contribution in [2.75, 3.05) is 0 Å². The van der Waals surface area contributed by atoms with Gasteiger partial charge in [0.1, 0.15) is 0 Å². The molecule has 15 heavy (non-hydrogen) atoms. The highest BCUT2D eigenvalue weighted by Crippen LogP contribution is 2.15. The average molecular weight is 209 g/mol. The van der Waals surface area contributed by atoms with E-state index in [-0.39, 0.29) is 6.04 Å². The van der Waals surface area contributed by atoms with Gasteiger partial charge in [-0.2, -0.15) is 0 Å². The van der Waals surface area contributed by atoms with E-state index in [4.69, 9.17) is 5.73 Å². The molecule has 0 aliphatic rings. The number of nitrogens with two attached hydrogens (primary N) is 1. The second-order valence-electron chi connectivity index (χ2n) is 2.84. The van der Waals surface area contributed by atoms with Gasteiger partial charge >= 0.3 is 0 Å². The molecule has 0 saturated carbocycles. The van der Waals surface area contributed by atoms with Crippen molar-refractivity contribution in [3.63, 3.8) is 0 Å². The van der Waals surface area contributed by atoms with E-state index in [1.54, 1.807) is 0 Å². The smallest absolute Gasteiger partial charge is 0.0268 e. The predicted octanol–water partition coefficient (Wildman–Crippen LogP) is 4.32. The Morgan fingerprint density at radius 1 is 1.07 bits per heavy atom. The Bertz CT molecular complexity index is 229. The molecule has 0 aliphatic heterocycles. The summed E-state index contributed by atoms with van der Waals surface area (Å²) in [5, 5.41) is 0. The molecule has 1 aromatic carbocycles. The molecule has 0 radical (unpaired) electrons. The zero-order valence-corrected chi connectivity index (χ0v) is 11.2. The Morgan fingerprint density at radius 3 is 1.87 bits per heavy atom. The van der Waals surface area contributed by atoms with Crippen LogP contribution in [0, 0.1) is 0 Å². The molecule has 0 saturated heterocycles. The van der Waals surface area contributed by atoms with Crippen molar-refractivity contribution >= 4 is 0 Å². The van der Waals surface area contributed by atoms with Gasteiger partial charge in [-0.3, -0.25) is 0 Å². The largest absolute Gasteiger partial charge is 0.324 e. The number of rotatable bonds is 2. The molecule has 1 heteroatoms. The third kappa shape index (κ3) is 6.29. The third-order valence-electron chi connectivity index (χ3n) is 1.93. The van der Waals surface area contributed by atoms with E-state index in [0.717, 1.165) is 6.42 Å². The van der Waals surface area contributed by atoms with Crippen LogP contribution in [-0.4, -0.2) is 0 Å². The quantitative estimate of drug-likeness (QED) is 0.771. The highest BCUT2D eigenvalue weighted by molar-refractivity contribution is 5.29. The predicted molar refractivity (Wildman–Crippen MR) is 71.1 cm³/mol. The van der Waals surface area contributed by atoms with E-state index in [1.807, 2.05) is 40.7 Å². The van der Waals surface area contributed by atoms with Crippen molar-refractivity contribution in [3.05, 3.63) is 35.4 Å².